The molecule has 0 amide bonds. The van der Waals surface area contributed by atoms with Gasteiger partial charge in [0.05, 0.1) is 6.42 Å². The highest BCUT2D eigenvalue weighted by molar-refractivity contribution is 6.05. The van der Waals surface area contributed by atoms with Gasteiger partial charge in [0.2, 0.25) is 0 Å². The van der Waals surface area contributed by atoms with Gasteiger partial charge in [0.15, 0.2) is 17.3 Å². The van der Waals surface area contributed by atoms with Crippen molar-refractivity contribution in [2.45, 2.75) is 70.3 Å². The summed E-state index contributed by atoms with van der Waals surface area (Å²) in [6.07, 6.45) is 4.69. The topological polar surface area (TPSA) is 149 Å². The first-order chi connectivity index (χ1) is 11.2. The second-order valence-corrected chi connectivity index (χ2v) is 5.91. The van der Waals surface area contributed by atoms with E-state index in [4.69, 9.17) is 15.3 Å². The zero-order chi connectivity index (χ0) is 18.8. The Morgan fingerprint density at radius 2 is 1.38 bits per heavy atom. The van der Waals surface area contributed by atoms with E-state index in [1.165, 1.54) is 0 Å². The van der Waals surface area contributed by atoms with Crippen molar-refractivity contribution < 1.29 is 39.6 Å². The standard InChI is InChI=1S/C16H26O8/c1-2-3-4-5-6-7-8-9-11(17)13(14(20)21)16(24,15(22)23)10-12(18)19/h13,24H,2-10H2,1H3,(H,18,19)(H,20,21)(H,22,23). The zero-order valence-electron chi connectivity index (χ0n) is 13.9. The van der Waals surface area contributed by atoms with Crippen LogP contribution in [0.2, 0.25) is 0 Å². The molecule has 0 fully saturated rings. The number of aliphatic carboxylic acids is 3. The summed E-state index contributed by atoms with van der Waals surface area (Å²) in [4.78, 5) is 45.2. The lowest BCUT2D eigenvalue weighted by Gasteiger charge is -2.27. The minimum atomic E-state index is -3.16. The Labute approximate surface area is 140 Å². The van der Waals surface area contributed by atoms with Crippen LogP contribution in [0.4, 0.5) is 0 Å². The molecule has 0 aromatic rings. The normalized spacial score (nSPS) is 14.6. The van der Waals surface area contributed by atoms with Gasteiger partial charge >= 0.3 is 17.9 Å². The number of hydrogen-bond donors (Lipinski definition) is 4. The molecule has 0 aromatic heterocycles. The van der Waals surface area contributed by atoms with Crippen molar-refractivity contribution in [3.63, 3.8) is 0 Å². The summed E-state index contributed by atoms with van der Waals surface area (Å²) in [6.45, 7) is 2.09. The molecule has 24 heavy (non-hydrogen) atoms. The van der Waals surface area contributed by atoms with Crippen molar-refractivity contribution in [1.82, 2.24) is 0 Å². The SMILES string of the molecule is CCCCCCCCCC(=O)C(C(=O)O)C(O)(CC(=O)O)C(=O)O. The third kappa shape index (κ3) is 7.08. The van der Waals surface area contributed by atoms with Crippen LogP contribution in [0.5, 0.6) is 0 Å². The molecular weight excluding hydrogens is 320 g/mol. The molecule has 8 nitrogen and oxygen atoms in total. The number of carbonyl (C=O) groups is 4. The molecule has 0 rings (SSSR count). The van der Waals surface area contributed by atoms with Gasteiger partial charge in [-0.15, -0.1) is 0 Å². The molecule has 0 spiro atoms. The van der Waals surface area contributed by atoms with Gasteiger partial charge in [0.25, 0.3) is 0 Å². The third-order valence-corrected chi connectivity index (χ3v) is 3.86. The number of carboxylic acid groups (broad SMARTS) is 3. The second-order valence-electron chi connectivity index (χ2n) is 5.91. The van der Waals surface area contributed by atoms with Crippen molar-refractivity contribution in [3.8, 4) is 0 Å². The van der Waals surface area contributed by atoms with Gasteiger partial charge in [-0.1, -0.05) is 45.4 Å². The molecule has 0 saturated heterocycles. The molecule has 0 aliphatic heterocycles. The van der Waals surface area contributed by atoms with Gasteiger partial charge in [-0.05, 0) is 6.42 Å². The Balaban J connectivity index is 4.74. The quantitative estimate of drug-likeness (QED) is 0.274. The Kier molecular flexibility index (Phi) is 9.87. The van der Waals surface area contributed by atoms with Crippen molar-refractivity contribution in [2.75, 3.05) is 0 Å². The predicted octanol–water partition coefficient (Wildman–Crippen LogP) is 1.69. The lowest BCUT2D eigenvalue weighted by Crippen LogP contribution is -2.53. The van der Waals surface area contributed by atoms with E-state index in [9.17, 15) is 24.3 Å². The van der Waals surface area contributed by atoms with E-state index >= 15 is 0 Å². The minimum Gasteiger partial charge on any atom is -0.481 e. The van der Waals surface area contributed by atoms with Gasteiger partial charge in [-0.3, -0.25) is 14.4 Å². The average molecular weight is 346 g/mol. The number of rotatable bonds is 14. The van der Waals surface area contributed by atoms with E-state index < -0.39 is 41.6 Å². The smallest absolute Gasteiger partial charge is 0.337 e. The minimum absolute atomic E-state index is 0.208. The van der Waals surface area contributed by atoms with Crippen LogP contribution in [-0.4, -0.2) is 49.7 Å². The lowest BCUT2D eigenvalue weighted by atomic mass is 9.80. The van der Waals surface area contributed by atoms with Crippen LogP contribution >= 0.6 is 0 Å². The highest BCUT2D eigenvalue weighted by Crippen LogP contribution is 2.26. The Morgan fingerprint density at radius 3 is 1.79 bits per heavy atom. The van der Waals surface area contributed by atoms with E-state index in [2.05, 4.69) is 6.92 Å². The molecule has 138 valence electrons. The Morgan fingerprint density at radius 1 is 0.875 bits per heavy atom. The number of carbonyl (C=O) groups excluding carboxylic acids is 1. The van der Waals surface area contributed by atoms with Crippen LogP contribution in [0.1, 0.15) is 64.7 Å². The number of carboxylic acids is 3. The van der Waals surface area contributed by atoms with E-state index in [1.54, 1.807) is 0 Å². The summed E-state index contributed by atoms with van der Waals surface area (Å²) in [7, 11) is 0. The first-order valence-electron chi connectivity index (χ1n) is 8.09. The molecule has 4 N–H and O–H groups in total. The summed E-state index contributed by atoms with van der Waals surface area (Å²) < 4.78 is 0. The van der Waals surface area contributed by atoms with E-state index in [-0.39, 0.29) is 6.42 Å². The Bertz CT molecular complexity index is 459. The van der Waals surface area contributed by atoms with Gasteiger partial charge in [-0.25, -0.2) is 4.79 Å². The van der Waals surface area contributed by atoms with Crippen LogP contribution in [0.15, 0.2) is 0 Å². The number of unbranched alkanes of at least 4 members (excludes halogenated alkanes) is 6. The van der Waals surface area contributed by atoms with Crippen molar-refractivity contribution in [2.24, 2.45) is 5.92 Å². The molecule has 0 aliphatic rings. The average Bonchev–Trinajstić information content (AvgIpc) is 2.44. The Hall–Kier alpha value is -1.96. The third-order valence-electron chi connectivity index (χ3n) is 3.86. The maximum atomic E-state index is 12.1. The van der Waals surface area contributed by atoms with Gasteiger partial charge in [0, 0.05) is 6.42 Å². The fourth-order valence-corrected chi connectivity index (χ4v) is 2.54. The number of hydrogen-bond acceptors (Lipinski definition) is 5. The highest BCUT2D eigenvalue weighted by atomic mass is 16.4. The fraction of sp³-hybridized carbons (Fsp3) is 0.750. The number of ketones is 1. The molecule has 0 aromatic carbocycles. The molecule has 0 bridgehead atoms. The zero-order valence-corrected chi connectivity index (χ0v) is 13.9. The van der Waals surface area contributed by atoms with E-state index in [0.29, 0.717) is 12.8 Å². The summed E-state index contributed by atoms with van der Waals surface area (Å²) in [5.74, 6) is -8.84. The summed E-state index contributed by atoms with van der Waals surface area (Å²) in [5.41, 5.74) is -3.16. The number of Topliss-reactive ketones (excluding diaryl/α,β-unsaturated/α-hetero) is 1. The van der Waals surface area contributed by atoms with Gasteiger partial charge < -0.3 is 20.4 Å². The fourth-order valence-electron chi connectivity index (χ4n) is 2.54. The molecule has 0 aliphatic carbocycles. The maximum absolute atomic E-state index is 12.1. The second kappa shape index (κ2) is 10.7. The molecule has 8 heteroatoms. The van der Waals surface area contributed by atoms with E-state index in [0.717, 1.165) is 32.1 Å². The summed E-state index contributed by atoms with van der Waals surface area (Å²) in [6, 6.07) is 0. The van der Waals surface area contributed by atoms with Gasteiger partial charge in [-0.2, -0.15) is 0 Å². The van der Waals surface area contributed by atoms with Crippen molar-refractivity contribution in [1.29, 1.82) is 0 Å². The monoisotopic (exact) mass is 346 g/mol. The molecule has 0 radical (unpaired) electrons. The van der Waals surface area contributed by atoms with Crippen LogP contribution in [0.3, 0.4) is 0 Å². The van der Waals surface area contributed by atoms with Crippen molar-refractivity contribution in [3.05, 3.63) is 0 Å². The molecular formula is C16H26O8. The molecule has 2 atom stereocenters. The predicted molar refractivity (Wildman–Crippen MR) is 83.6 cm³/mol. The van der Waals surface area contributed by atoms with Crippen molar-refractivity contribution >= 4 is 23.7 Å². The highest BCUT2D eigenvalue weighted by Gasteiger charge is 2.53. The first kappa shape index (κ1) is 22.0. The van der Waals surface area contributed by atoms with Crippen LogP contribution in [0, 0.1) is 5.92 Å². The largest absolute Gasteiger partial charge is 0.481 e. The molecule has 0 saturated carbocycles. The molecule has 0 heterocycles. The lowest BCUT2D eigenvalue weighted by molar-refractivity contribution is -0.181. The van der Waals surface area contributed by atoms with Crippen LogP contribution < -0.4 is 0 Å². The van der Waals surface area contributed by atoms with Gasteiger partial charge in [0.1, 0.15) is 0 Å². The first-order valence-corrected chi connectivity index (χ1v) is 8.09. The number of aliphatic hydroxyl groups is 1. The molecule has 2 unspecified atom stereocenters. The summed E-state index contributed by atoms with van der Waals surface area (Å²) in [5, 5.41) is 36.8. The van der Waals surface area contributed by atoms with Crippen LogP contribution in [-0.2, 0) is 19.2 Å². The van der Waals surface area contributed by atoms with E-state index in [1.807, 2.05) is 0 Å². The summed E-state index contributed by atoms with van der Waals surface area (Å²) >= 11 is 0. The van der Waals surface area contributed by atoms with Crippen LogP contribution in [0.25, 0.3) is 0 Å². The maximum Gasteiger partial charge on any atom is 0.337 e.